The summed E-state index contributed by atoms with van der Waals surface area (Å²) in [5.41, 5.74) is 0.882. The molecule has 0 N–H and O–H groups in total. The summed E-state index contributed by atoms with van der Waals surface area (Å²) in [6.45, 7) is 0. The summed E-state index contributed by atoms with van der Waals surface area (Å²) in [4.78, 5) is 4.44. The second kappa shape index (κ2) is 4.38. The van der Waals surface area contributed by atoms with E-state index in [9.17, 15) is 0 Å². The molecule has 1 spiro atoms. The Labute approximate surface area is 115 Å². The number of nitrogens with zero attached hydrogens (tertiary/aromatic N) is 3. The van der Waals surface area contributed by atoms with Crippen molar-refractivity contribution in [2.45, 2.75) is 50.2 Å². The van der Waals surface area contributed by atoms with Gasteiger partial charge in [0.2, 0.25) is 5.82 Å². The van der Waals surface area contributed by atoms with Gasteiger partial charge in [-0.1, -0.05) is 5.16 Å². The van der Waals surface area contributed by atoms with Gasteiger partial charge >= 0.3 is 0 Å². The predicted octanol–water partition coefficient (Wildman–Crippen LogP) is 3.36. The van der Waals surface area contributed by atoms with Crippen LogP contribution in [0, 0.1) is 0 Å². The van der Waals surface area contributed by atoms with Gasteiger partial charge in [-0.2, -0.15) is 9.36 Å². The second-order valence-electron chi connectivity index (χ2n) is 5.38. The Hall–Kier alpha value is -1.27. The minimum Gasteiger partial charge on any atom is -0.362 e. The van der Waals surface area contributed by atoms with Crippen molar-refractivity contribution < 1.29 is 9.26 Å². The molecule has 1 saturated heterocycles. The minimum absolute atomic E-state index is 0.0334. The van der Waals surface area contributed by atoms with E-state index in [1.54, 1.807) is 0 Å². The van der Waals surface area contributed by atoms with Crippen LogP contribution < -0.4 is 0 Å². The van der Waals surface area contributed by atoms with E-state index in [1.165, 1.54) is 43.6 Å². The van der Waals surface area contributed by atoms with Gasteiger partial charge in [-0.05, 0) is 56.1 Å². The van der Waals surface area contributed by atoms with E-state index in [0.717, 1.165) is 12.1 Å². The molecule has 1 unspecified atom stereocenters. The van der Waals surface area contributed by atoms with Gasteiger partial charge < -0.3 is 9.26 Å². The van der Waals surface area contributed by atoms with E-state index < -0.39 is 0 Å². The molecule has 1 aliphatic carbocycles. The van der Waals surface area contributed by atoms with Crippen molar-refractivity contribution in [2.24, 2.45) is 0 Å². The largest absolute Gasteiger partial charge is 0.362 e. The molecule has 2 fully saturated rings. The van der Waals surface area contributed by atoms with E-state index in [-0.39, 0.29) is 11.7 Å². The lowest BCUT2D eigenvalue weighted by molar-refractivity contribution is -0.178. The van der Waals surface area contributed by atoms with Crippen LogP contribution >= 0.6 is 11.5 Å². The molecule has 2 aliphatic rings. The van der Waals surface area contributed by atoms with Crippen LogP contribution in [0.5, 0.6) is 0 Å². The molecule has 2 aromatic heterocycles. The molecule has 1 saturated carbocycles. The smallest absolute Gasteiger partial charge is 0.256 e. The molecule has 1 atom stereocenters. The zero-order valence-electron chi connectivity index (χ0n) is 10.5. The number of rotatable bonds is 2. The monoisotopic (exact) mass is 277 g/mol. The maximum absolute atomic E-state index is 6.21. The number of ether oxygens (including phenoxy) is 1. The lowest BCUT2D eigenvalue weighted by Gasteiger charge is -2.46. The highest BCUT2D eigenvalue weighted by Crippen LogP contribution is 2.47. The Bertz CT molecular complexity index is 562. The minimum atomic E-state index is -0.0334. The number of aromatic nitrogens is 3. The third kappa shape index (κ3) is 1.99. The van der Waals surface area contributed by atoms with Crippen molar-refractivity contribution in [2.75, 3.05) is 0 Å². The second-order valence-corrected chi connectivity index (χ2v) is 6.04. The number of hydrogen-bond acceptors (Lipinski definition) is 6. The first-order valence-electron chi connectivity index (χ1n) is 6.77. The van der Waals surface area contributed by atoms with E-state index in [4.69, 9.17) is 9.26 Å². The van der Waals surface area contributed by atoms with Gasteiger partial charge in [-0.3, -0.25) is 0 Å². The lowest BCUT2D eigenvalue weighted by atomic mass is 9.74. The Balaban J connectivity index is 1.56. The average molecular weight is 277 g/mol. The standard InChI is InChI=1S/C13H15N3O2S/c1-3-10(17-13(5-1)6-2-7-13)12-14-11(15-18-12)9-4-8-19-16-9/h4,8,10H,1-3,5-7H2. The molecule has 0 radical (unpaired) electrons. The molecule has 1 aliphatic heterocycles. The van der Waals surface area contributed by atoms with Crippen LogP contribution in [0.1, 0.15) is 50.5 Å². The molecule has 0 amide bonds. The zero-order chi connectivity index (χ0) is 12.7. The molecule has 3 heterocycles. The predicted molar refractivity (Wildman–Crippen MR) is 69.7 cm³/mol. The quantitative estimate of drug-likeness (QED) is 0.842. The zero-order valence-corrected chi connectivity index (χ0v) is 11.4. The summed E-state index contributed by atoms with van der Waals surface area (Å²) in [6, 6.07) is 1.90. The van der Waals surface area contributed by atoms with Crippen molar-refractivity contribution in [1.82, 2.24) is 14.5 Å². The number of hydrogen-bond donors (Lipinski definition) is 0. The molecule has 4 rings (SSSR count). The summed E-state index contributed by atoms with van der Waals surface area (Å²) in [5, 5.41) is 5.91. The molecular weight excluding hydrogens is 262 g/mol. The highest BCUT2D eigenvalue weighted by Gasteiger charge is 2.44. The molecule has 6 heteroatoms. The van der Waals surface area contributed by atoms with Gasteiger partial charge in [0.25, 0.3) is 5.89 Å². The van der Waals surface area contributed by atoms with Crippen LogP contribution in [0.15, 0.2) is 16.0 Å². The van der Waals surface area contributed by atoms with Gasteiger partial charge in [0, 0.05) is 5.38 Å². The summed E-state index contributed by atoms with van der Waals surface area (Å²) in [5.74, 6) is 1.17. The lowest BCUT2D eigenvalue weighted by Crippen LogP contribution is -2.43. The van der Waals surface area contributed by atoms with Crippen molar-refractivity contribution in [3.8, 4) is 11.5 Å². The van der Waals surface area contributed by atoms with Crippen LogP contribution in [-0.2, 0) is 4.74 Å². The van der Waals surface area contributed by atoms with Gasteiger partial charge in [0.05, 0.1) is 5.60 Å². The van der Waals surface area contributed by atoms with E-state index in [1.807, 2.05) is 11.4 Å². The van der Waals surface area contributed by atoms with Crippen molar-refractivity contribution in [3.05, 3.63) is 17.3 Å². The van der Waals surface area contributed by atoms with Gasteiger partial charge in [-0.25, -0.2) is 0 Å². The van der Waals surface area contributed by atoms with Crippen molar-refractivity contribution in [3.63, 3.8) is 0 Å². The normalized spacial score (nSPS) is 25.4. The third-order valence-electron chi connectivity index (χ3n) is 4.14. The summed E-state index contributed by atoms with van der Waals surface area (Å²) < 4.78 is 15.8. The molecule has 19 heavy (non-hydrogen) atoms. The summed E-state index contributed by atoms with van der Waals surface area (Å²) in [6.07, 6.45) is 6.93. The molecular formula is C13H15N3O2S. The van der Waals surface area contributed by atoms with Gasteiger partial charge in [-0.15, -0.1) is 0 Å². The first-order valence-corrected chi connectivity index (χ1v) is 7.61. The Morgan fingerprint density at radius 1 is 1.26 bits per heavy atom. The average Bonchev–Trinajstić information content (AvgIpc) is 3.07. The molecule has 5 nitrogen and oxygen atoms in total. The van der Waals surface area contributed by atoms with E-state index in [2.05, 4.69) is 14.5 Å². The summed E-state index contributed by atoms with van der Waals surface area (Å²) >= 11 is 1.39. The first kappa shape index (κ1) is 11.5. The van der Waals surface area contributed by atoms with E-state index >= 15 is 0 Å². The third-order valence-corrected chi connectivity index (χ3v) is 4.70. The van der Waals surface area contributed by atoms with E-state index in [0.29, 0.717) is 11.7 Å². The van der Waals surface area contributed by atoms with Crippen LogP contribution in [0.25, 0.3) is 11.5 Å². The van der Waals surface area contributed by atoms with Crippen LogP contribution in [0.3, 0.4) is 0 Å². The fraction of sp³-hybridized carbons (Fsp3) is 0.615. The Morgan fingerprint density at radius 3 is 2.89 bits per heavy atom. The van der Waals surface area contributed by atoms with Crippen LogP contribution in [0.4, 0.5) is 0 Å². The van der Waals surface area contributed by atoms with Crippen molar-refractivity contribution >= 4 is 11.5 Å². The maximum Gasteiger partial charge on any atom is 0.256 e. The molecule has 2 aromatic rings. The molecule has 100 valence electrons. The van der Waals surface area contributed by atoms with Gasteiger partial charge in [0.1, 0.15) is 11.8 Å². The fourth-order valence-corrected chi connectivity index (χ4v) is 3.45. The maximum atomic E-state index is 6.21. The SMILES string of the molecule is c1cc(-c2noc(C3CCCC4(CCC4)O3)n2)ns1. The molecule has 0 aromatic carbocycles. The molecule has 0 bridgehead atoms. The Morgan fingerprint density at radius 2 is 2.16 bits per heavy atom. The van der Waals surface area contributed by atoms with Crippen LogP contribution in [0.2, 0.25) is 0 Å². The highest BCUT2D eigenvalue weighted by atomic mass is 32.1. The topological polar surface area (TPSA) is 61.0 Å². The summed E-state index contributed by atoms with van der Waals surface area (Å²) in [7, 11) is 0. The van der Waals surface area contributed by atoms with Gasteiger partial charge in [0.15, 0.2) is 0 Å². The van der Waals surface area contributed by atoms with Crippen molar-refractivity contribution in [1.29, 1.82) is 0 Å². The fourth-order valence-electron chi connectivity index (χ4n) is 2.94. The highest BCUT2D eigenvalue weighted by molar-refractivity contribution is 7.03. The Kier molecular flexibility index (Phi) is 2.66. The first-order chi connectivity index (χ1) is 9.35. The van der Waals surface area contributed by atoms with Crippen LogP contribution in [-0.4, -0.2) is 20.1 Å².